The Balaban J connectivity index is 2.13. The monoisotopic (exact) mass is 301 g/mol. The van der Waals surface area contributed by atoms with Crippen LogP contribution < -0.4 is 10.1 Å². The summed E-state index contributed by atoms with van der Waals surface area (Å²) in [5, 5.41) is 11.8. The second-order valence-corrected chi connectivity index (χ2v) is 4.41. The van der Waals surface area contributed by atoms with Crippen LogP contribution in [0.25, 0.3) is 0 Å². The number of aliphatic hydroxyl groups excluding tert-OH is 1. The number of ether oxygens (including phenoxy) is 1. The van der Waals surface area contributed by atoms with Gasteiger partial charge < -0.3 is 9.84 Å². The molecule has 2 aromatic rings. The minimum atomic E-state index is -0.629. The highest BCUT2D eigenvalue weighted by Gasteiger charge is 2.08. The van der Waals surface area contributed by atoms with Crippen LogP contribution in [0.5, 0.6) is 5.75 Å². The molecule has 1 amide bonds. The highest BCUT2D eigenvalue weighted by molar-refractivity contribution is 6.30. The van der Waals surface area contributed by atoms with Crippen molar-refractivity contribution in [3.63, 3.8) is 0 Å². The van der Waals surface area contributed by atoms with Crippen molar-refractivity contribution in [3.8, 4) is 17.6 Å². The molecule has 0 fully saturated rings. The number of hydrogen-bond donors (Lipinski definition) is 2. The first kappa shape index (κ1) is 14.9. The Kier molecular flexibility index (Phi) is 5.22. The topological polar surface area (TPSA) is 58.6 Å². The third kappa shape index (κ3) is 4.53. The fourth-order valence-electron chi connectivity index (χ4n) is 1.59. The number of hydrogen-bond acceptors (Lipinski definition) is 3. The van der Waals surface area contributed by atoms with Crippen LogP contribution in [0.15, 0.2) is 48.5 Å². The van der Waals surface area contributed by atoms with Crippen molar-refractivity contribution >= 4 is 23.4 Å². The van der Waals surface area contributed by atoms with Crippen LogP contribution in [0.2, 0.25) is 5.02 Å². The average molecular weight is 302 g/mol. The molecular formula is C16H12ClNO3. The van der Waals surface area contributed by atoms with Gasteiger partial charge in [-0.05, 0) is 30.3 Å². The number of aliphatic hydroxyl groups is 1. The quantitative estimate of drug-likeness (QED) is 0.837. The van der Waals surface area contributed by atoms with Gasteiger partial charge in [-0.1, -0.05) is 41.6 Å². The maximum atomic E-state index is 11.8. The molecule has 0 bridgehead atoms. The molecule has 21 heavy (non-hydrogen) atoms. The zero-order chi connectivity index (χ0) is 15.1. The fourth-order valence-corrected chi connectivity index (χ4v) is 1.77. The van der Waals surface area contributed by atoms with Gasteiger partial charge in [0.15, 0.2) is 0 Å². The second kappa shape index (κ2) is 7.34. The zero-order valence-electron chi connectivity index (χ0n) is 11.0. The molecule has 0 aliphatic heterocycles. The van der Waals surface area contributed by atoms with Crippen LogP contribution in [0.3, 0.4) is 0 Å². The van der Waals surface area contributed by atoms with Gasteiger partial charge in [-0.15, -0.1) is 0 Å². The van der Waals surface area contributed by atoms with Gasteiger partial charge in [0, 0.05) is 10.6 Å². The van der Waals surface area contributed by atoms with E-state index in [0.717, 1.165) is 0 Å². The highest BCUT2D eigenvalue weighted by Crippen LogP contribution is 2.20. The minimum absolute atomic E-state index is 0.277. The largest absolute Gasteiger partial charge is 0.417 e. The van der Waals surface area contributed by atoms with E-state index in [1.54, 1.807) is 42.5 Å². The van der Waals surface area contributed by atoms with Crippen LogP contribution in [0, 0.1) is 11.8 Å². The predicted molar refractivity (Wildman–Crippen MR) is 81.5 cm³/mol. The molecule has 0 aliphatic carbocycles. The molecule has 0 radical (unpaired) electrons. The molecule has 4 nitrogen and oxygen atoms in total. The molecule has 0 heterocycles. The Morgan fingerprint density at radius 2 is 2.00 bits per heavy atom. The average Bonchev–Trinajstić information content (AvgIpc) is 2.48. The molecule has 2 N–H and O–H groups in total. The van der Waals surface area contributed by atoms with Crippen molar-refractivity contribution in [3.05, 3.63) is 59.1 Å². The van der Waals surface area contributed by atoms with Gasteiger partial charge in [0.25, 0.3) is 0 Å². The van der Waals surface area contributed by atoms with Crippen LogP contribution in [-0.4, -0.2) is 17.8 Å². The molecule has 106 valence electrons. The summed E-state index contributed by atoms with van der Waals surface area (Å²) in [6, 6.07) is 13.6. The van der Waals surface area contributed by atoms with E-state index >= 15 is 0 Å². The Morgan fingerprint density at radius 3 is 2.71 bits per heavy atom. The van der Waals surface area contributed by atoms with E-state index in [9.17, 15) is 4.79 Å². The van der Waals surface area contributed by atoms with Crippen LogP contribution >= 0.6 is 11.6 Å². The van der Waals surface area contributed by atoms with Crippen molar-refractivity contribution in [2.24, 2.45) is 0 Å². The molecule has 0 spiro atoms. The van der Waals surface area contributed by atoms with Crippen molar-refractivity contribution in [1.29, 1.82) is 0 Å². The maximum absolute atomic E-state index is 11.8. The molecule has 0 unspecified atom stereocenters. The summed E-state index contributed by atoms with van der Waals surface area (Å²) in [6.07, 6.45) is -0.629. The standard InChI is InChI=1S/C16H12ClNO3/c17-13-8-9-15(12(11-13)5-4-10-19)18-16(20)21-14-6-2-1-3-7-14/h1-3,6-9,11,19H,10H2,(H,18,20). The van der Waals surface area contributed by atoms with E-state index in [-0.39, 0.29) is 6.61 Å². The lowest BCUT2D eigenvalue weighted by molar-refractivity contribution is 0.215. The van der Waals surface area contributed by atoms with Crippen molar-refractivity contribution < 1.29 is 14.6 Å². The van der Waals surface area contributed by atoms with E-state index in [0.29, 0.717) is 22.0 Å². The van der Waals surface area contributed by atoms with Crippen molar-refractivity contribution in [2.45, 2.75) is 0 Å². The lowest BCUT2D eigenvalue weighted by atomic mass is 10.2. The summed E-state index contributed by atoms with van der Waals surface area (Å²) in [5.74, 6) is 5.67. The normalized spacial score (nSPS) is 9.43. The number of carbonyl (C=O) groups is 1. The number of carbonyl (C=O) groups excluding carboxylic acids is 1. The Labute approximate surface area is 127 Å². The summed E-state index contributed by atoms with van der Waals surface area (Å²) in [4.78, 5) is 11.8. The molecule has 0 aliphatic rings. The van der Waals surface area contributed by atoms with E-state index in [4.69, 9.17) is 21.4 Å². The second-order valence-electron chi connectivity index (χ2n) is 3.98. The highest BCUT2D eigenvalue weighted by atomic mass is 35.5. The van der Waals surface area contributed by atoms with Gasteiger partial charge in [0.05, 0.1) is 5.69 Å². The number of rotatable bonds is 2. The van der Waals surface area contributed by atoms with Gasteiger partial charge in [-0.2, -0.15) is 0 Å². The minimum Gasteiger partial charge on any atom is -0.410 e. The molecule has 2 aromatic carbocycles. The SMILES string of the molecule is O=C(Nc1ccc(Cl)cc1C#CCO)Oc1ccccc1. The Morgan fingerprint density at radius 1 is 1.24 bits per heavy atom. The van der Waals surface area contributed by atoms with E-state index < -0.39 is 6.09 Å². The van der Waals surface area contributed by atoms with Crippen molar-refractivity contribution in [2.75, 3.05) is 11.9 Å². The zero-order valence-corrected chi connectivity index (χ0v) is 11.7. The molecule has 2 rings (SSSR count). The summed E-state index contributed by atoms with van der Waals surface area (Å²) >= 11 is 5.89. The summed E-state index contributed by atoms with van der Waals surface area (Å²) in [7, 11) is 0. The third-order valence-corrected chi connectivity index (χ3v) is 2.71. The number of benzene rings is 2. The number of para-hydroxylation sites is 1. The smallest absolute Gasteiger partial charge is 0.410 e. The lowest BCUT2D eigenvalue weighted by Crippen LogP contribution is -2.17. The summed E-state index contributed by atoms with van der Waals surface area (Å²) < 4.78 is 5.13. The van der Waals surface area contributed by atoms with Gasteiger partial charge in [0.1, 0.15) is 12.4 Å². The molecule has 5 heteroatoms. The van der Waals surface area contributed by atoms with Crippen LogP contribution in [0.4, 0.5) is 10.5 Å². The number of halogens is 1. The number of amides is 1. The lowest BCUT2D eigenvalue weighted by Gasteiger charge is -2.08. The molecule has 0 saturated carbocycles. The summed E-state index contributed by atoms with van der Waals surface area (Å²) in [5.41, 5.74) is 0.961. The van der Waals surface area contributed by atoms with Crippen LogP contribution in [0.1, 0.15) is 5.56 Å². The first-order valence-corrected chi connectivity index (χ1v) is 6.50. The predicted octanol–water partition coefficient (Wildman–Crippen LogP) is 3.29. The van der Waals surface area contributed by atoms with E-state index in [1.165, 1.54) is 0 Å². The van der Waals surface area contributed by atoms with Gasteiger partial charge >= 0.3 is 6.09 Å². The number of nitrogens with one attached hydrogen (secondary N) is 1. The molecule has 0 saturated heterocycles. The fraction of sp³-hybridized carbons (Fsp3) is 0.0625. The van der Waals surface area contributed by atoms with Gasteiger partial charge in [0.2, 0.25) is 0 Å². The first-order valence-electron chi connectivity index (χ1n) is 6.12. The number of anilines is 1. The first-order chi connectivity index (χ1) is 10.2. The van der Waals surface area contributed by atoms with E-state index in [1.807, 2.05) is 6.07 Å². The molecule has 0 aromatic heterocycles. The van der Waals surface area contributed by atoms with Gasteiger partial charge in [-0.3, -0.25) is 5.32 Å². The van der Waals surface area contributed by atoms with E-state index in [2.05, 4.69) is 17.2 Å². The Hall–Kier alpha value is -2.48. The van der Waals surface area contributed by atoms with Gasteiger partial charge in [-0.25, -0.2) is 4.79 Å². The maximum Gasteiger partial charge on any atom is 0.417 e. The summed E-state index contributed by atoms with van der Waals surface area (Å²) in [6.45, 7) is -0.277. The van der Waals surface area contributed by atoms with Crippen molar-refractivity contribution in [1.82, 2.24) is 0 Å². The molecule has 0 atom stereocenters. The Bertz CT molecular complexity index is 690. The molecular weight excluding hydrogens is 290 g/mol. The third-order valence-electron chi connectivity index (χ3n) is 2.47. The van der Waals surface area contributed by atoms with Crippen LogP contribution in [-0.2, 0) is 0 Å².